The molecule has 0 fully saturated rings. The first-order valence-electron chi connectivity index (χ1n) is 8.40. The molecule has 2 N–H and O–H groups in total. The van der Waals surface area contributed by atoms with Gasteiger partial charge in [-0.05, 0) is 24.1 Å². The Morgan fingerprint density at radius 3 is 2.52 bits per heavy atom. The molecule has 0 radical (unpaired) electrons. The quantitative estimate of drug-likeness (QED) is 0.416. The van der Waals surface area contributed by atoms with E-state index in [0.29, 0.717) is 37.7 Å². The summed E-state index contributed by atoms with van der Waals surface area (Å²) in [7, 11) is 0. The van der Waals surface area contributed by atoms with Crippen LogP contribution in [0.1, 0.15) is 22.7 Å². The number of halogens is 2. The van der Waals surface area contributed by atoms with Gasteiger partial charge in [-0.2, -0.15) is 0 Å². The molecule has 1 heterocycles. The zero-order chi connectivity index (χ0) is 20.1. The molecule has 29 heavy (non-hydrogen) atoms. The molecule has 1 unspecified atom stereocenters. The standard InChI is InChI=1S/C20H16Cl2N2O3S.CH4/c21-15-7-6-13(9-16(15)22)18-17(11-25)28-20(24-18)23-10-14(19(26)27)8-12-4-2-1-3-5-12;/h1-7,9,11,14H,8,10H2,(H,23,24)(H,26,27);1H4. The van der Waals surface area contributed by atoms with Crippen LogP contribution in [-0.2, 0) is 11.2 Å². The van der Waals surface area contributed by atoms with Crippen LogP contribution in [0.4, 0.5) is 5.13 Å². The number of hydrogen-bond acceptors (Lipinski definition) is 5. The normalized spacial score (nSPS) is 11.4. The van der Waals surface area contributed by atoms with E-state index in [0.717, 1.165) is 11.8 Å². The number of carboxylic acid groups (broad SMARTS) is 1. The van der Waals surface area contributed by atoms with Crippen molar-refractivity contribution < 1.29 is 14.7 Å². The van der Waals surface area contributed by atoms with Gasteiger partial charge in [0.15, 0.2) is 11.4 Å². The van der Waals surface area contributed by atoms with Crippen molar-refractivity contribution in [1.82, 2.24) is 4.98 Å². The lowest BCUT2D eigenvalue weighted by Crippen LogP contribution is -2.25. The van der Waals surface area contributed by atoms with Crippen LogP contribution in [0.5, 0.6) is 0 Å². The third-order valence-electron chi connectivity index (χ3n) is 4.13. The lowest BCUT2D eigenvalue weighted by molar-refractivity contribution is -0.141. The first kappa shape index (κ1) is 22.9. The van der Waals surface area contributed by atoms with Crippen molar-refractivity contribution in [2.24, 2.45) is 5.92 Å². The van der Waals surface area contributed by atoms with Crippen LogP contribution in [0.25, 0.3) is 11.3 Å². The van der Waals surface area contributed by atoms with Gasteiger partial charge in [-0.25, -0.2) is 4.98 Å². The Morgan fingerprint density at radius 1 is 1.17 bits per heavy atom. The summed E-state index contributed by atoms with van der Waals surface area (Å²) in [5.74, 6) is -1.52. The van der Waals surface area contributed by atoms with Gasteiger partial charge in [0.2, 0.25) is 0 Å². The molecule has 0 aliphatic heterocycles. The largest absolute Gasteiger partial charge is 0.481 e. The Bertz CT molecular complexity index is 993. The van der Waals surface area contributed by atoms with Crippen molar-refractivity contribution in [2.45, 2.75) is 13.8 Å². The third kappa shape index (κ3) is 5.79. The SMILES string of the molecule is C.O=Cc1sc(NCC(Cc2ccccc2)C(=O)O)nc1-c1ccc(Cl)c(Cl)c1. The molecule has 3 rings (SSSR count). The number of benzene rings is 2. The molecule has 0 aliphatic rings. The number of aliphatic carboxylic acids is 1. The number of aldehydes is 1. The van der Waals surface area contributed by atoms with E-state index in [4.69, 9.17) is 23.2 Å². The van der Waals surface area contributed by atoms with Crippen LogP contribution in [0, 0.1) is 5.92 Å². The Balaban J connectivity index is 0.00000300. The molecular weight excluding hydrogens is 431 g/mol. The minimum absolute atomic E-state index is 0. The van der Waals surface area contributed by atoms with E-state index in [-0.39, 0.29) is 14.0 Å². The predicted molar refractivity (Wildman–Crippen MR) is 119 cm³/mol. The molecule has 152 valence electrons. The van der Waals surface area contributed by atoms with Gasteiger partial charge < -0.3 is 10.4 Å². The fraction of sp³-hybridized carbons (Fsp3) is 0.190. The number of carbonyl (C=O) groups is 2. The van der Waals surface area contributed by atoms with Crippen molar-refractivity contribution in [3.63, 3.8) is 0 Å². The predicted octanol–water partition coefficient (Wildman–Crippen LogP) is 5.92. The van der Waals surface area contributed by atoms with Crippen LogP contribution in [0.3, 0.4) is 0 Å². The van der Waals surface area contributed by atoms with E-state index in [1.165, 1.54) is 11.3 Å². The van der Waals surface area contributed by atoms with E-state index < -0.39 is 11.9 Å². The van der Waals surface area contributed by atoms with Crippen LogP contribution >= 0.6 is 34.5 Å². The van der Waals surface area contributed by atoms with Gasteiger partial charge >= 0.3 is 5.97 Å². The number of rotatable bonds is 8. The second-order valence-corrected chi connectivity index (χ2v) is 7.93. The van der Waals surface area contributed by atoms with Crippen molar-refractivity contribution in [1.29, 1.82) is 0 Å². The van der Waals surface area contributed by atoms with Gasteiger partial charge in [0.1, 0.15) is 0 Å². The third-order valence-corrected chi connectivity index (χ3v) is 5.80. The van der Waals surface area contributed by atoms with Crippen LogP contribution in [0.2, 0.25) is 10.0 Å². The minimum atomic E-state index is -0.895. The number of anilines is 1. The first-order valence-corrected chi connectivity index (χ1v) is 9.97. The smallest absolute Gasteiger partial charge is 0.308 e. The van der Waals surface area contributed by atoms with Crippen LogP contribution in [-0.4, -0.2) is 28.9 Å². The molecule has 0 spiro atoms. The van der Waals surface area contributed by atoms with Gasteiger partial charge in [0.25, 0.3) is 0 Å². The molecule has 0 bridgehead atoms. The van der Waals surface area contributed by atoms with E-state index in [9.17, 15) is 14.7 Å². The molecule has 3 aromatic rings. The lowest BCUT2D eigenvalue weighted by atomic mass is 9.99. The number of nitrogens with zero attached hydrogens (tertiary/aromatic N) is 1. The van der Waals surface area contributed by atoms with E-state index in [1.54, 1.807) is 18.2 Å². The zero-order valence-electron chi connectivity index (χ0n) is 14.6. The summed E-state index contributed by atoms with van der Waals surface area (Å²) in [6.07, 6.45) is 1.12. The van der Waals surface area contributed by atoms with Gasteiger partial charge in [0.05, 0.1) is 26.5 Å². The number of thiazole rings is 1. The first-order chi connectivity index (χ1) is 13.5. The lowest BCUT2D eigenvalue weighted by Gasteiger charge is -2.12. The molecule has 5 nitrogen and oxygen atoms in total. The molecule has 8 heteroatoms. The van der Waals surface area contributed by atoms with E-state index >= 15 is 0 Å². The molecule has 1 aromatic heterocycles. The van der Waals surface area contributed by atoms with Crippen molar-refractivity contribution in [2.75, 3.05) is 11.9 Å². The Morgan fingerprint density at radius 2 is 1.90 bits per heavy atom. The molecule has 0 aliphatic carbocycles. The van der Waals surface area contributed by atoms with Crippen molar-refractivity contribution >= 4 is 51.9 Å². The number of carbonyl (C=O) groups excluding carboxylic acids is 1. The average molecular weight is 451 g/mol. The summed E-state index contributed by atoms with van der Waals surface area (Å²) in [5, 5.41) is 13.8. The van der Waals surface area contributed by atoms with Crippen LogP contribution < -0.4 is 5.32 Å². The highest BCUT2D eigenvalue weighted by molar-refractivity contribution is 7.17. The maximum atomic E-state index is 11.6. The van der Waals surface area contributed by atoms with E-state index in [2.05, 4.69) is 10.3 Å². The molecular formula is C21H20Cl2N2O3S. The van der Waals surface area contributed by atoms with Gasteiger partial charge in [0, 0.05) is 12.1 Å². The molecule has 1 atom stereocenters. The summed E-state index contributed by atoms with van der Waals surface area (Å²) >= 11 is 13.2. The second kappa shape index (κ2) is 10.4. The van der Waals surface area contributed by atoms with Crippen molar-refractivity contribution in [3.05, 3.63) is 69.0 Å². The molecule has 0 saturated heterocycles. The fourth-order valence-corrected chi connectivity index (χ4v) is 3.80. The summed E-state index contributed by atoms with van der Waals surface area (Å²) in [6, 6.07) is 14.4. The highest BCUT2D eigenvalue weighted by Crippen LogP contribution is 2.33. The highest BCUT2D eigenvalue weighted by atomic mass is 35.5. The summed E-state index contributed by atoms with van der Waals surface area (Å²) < 4.78 is 0. The Hall–Kier alpha value is -2.41. The maximum absolute atomic E-state index is 11.6. The number of aromatic nitrogens is 1. The molecule has 0 amide bonds. The molecule has 0 saturated carbocycles. The summed E-state index contributed by atoms with van der Waals surface area (Å²) in [5.41, 5.74) is 2.09. The maximum Gasteiger partial charge on any atom is 0.308 e. The Kier molecular flexibility index (Phi) is 8.20. The van der Waals surface area contributed by atoms with E-state index in [1.807, 2.05) is 30.3 Å². The number of nitrogens with one attached hydrogen (secondary N) is 1. The monoisotopic (exact) mass is 450 g/mol. The summed E-state index contributed by atoms with van der Waals surface area (Å²) in [6.45, 7) is 0.191. The highest BCUT2D eigenvalue weighted by Gasteiger charge is 2.20. The van der Waals surface area contributed by atoms with Gasteiger partial charge in [-0.3, -0.25) is 9.59 Å². The molecule has 2 aromatic carbocycles. The Labute approximate surface area is 183 Å². The van der Waals surface area contributed by atoms with Gasteiger partial charge in [-0.15, -0.1) is 0 Å². The fourth-order valence-electron chi connectivity index (χ4n) is 2.69. The zero-order valence-corrected chi connectivity index (χ0v) is 16.9. The van der Waals surface area contributed by atoms with Gasteiger partial charge in [-0.1, -0.05) is 78.4 Å². The minimum Gasteiger partial charge on any atom is -0.481 e. The second-order valence-electron chi connectivity index (χ2n) is 6.08. The summed E-state index contributed by atoms with van der Waals surface area (Å²) in [4.78, 5) is 27.9. The van der Waals surface area contributed by atoms with Crippen molar-refractivity contribution in [3.8, 4) is 11.3 Å². The van der Waals surface area contributed by atoms with Crippen LogP contribution in [0.15, 0.2) is 48.5 Å². The topological polar surface area (TPSA) is 79.3 Å². The average Bonchev–Trinajstić information content (AvgIpc) is 3.11. The number of hydrogen-bond donors (Lipinski definition) is 2. The number of carboxylic acids is 1.